The van der Waals surface area contributed by atoms with Gasteiger partial charge in [-0.3, -0.25) is 9.59 Å². The van der Waals surface area contributed by atoms with Gasteiger partial charge in [0.15, 0.2) is 0 Å². The van der Waals surface area contributed by atoms with Crippen LogP contribution in [0.3, 0.4) is 0 Å². The second-order valence-electron chi connectivity index (χ2n) is 5.56. The summed E-state index contributed by atoms with van der Waals surface area (Å²) < 4.78 is 1.03. The third-order valence-electron chi connectivity index (χ3n) is 3.29. The fourth-order valence-corrected chi connectivity index (χ4v) is 3.49. The number of carbonyl (C=O) groups is 2. The molecule has 0 radical (unpaired) electrons. The molecule has 0 aliphatic heterocycles. The van der Waals surface area contributed by atoms with Crippen LogP contribution in [0.2, 0.25) is 0 Å². The molecule has 0 spiro atoms. The van der Waals surface area contributed by atoms with E-state index in [-0.39, 0.29) is 18.2 Å². The summed E-state index contributed by atoms with van der Waals surface area (Å²) in [6, 6.07) is 17.1. The zero-order valence-electron chi connectivity index (χ0n) is 14.4. The number of nitrogens with one attached hydrogen (secondary N) is 2. The normalized spacial score (nSPS) is 11.1. The summed E-state index contributed by atoms with van der Waals surface area (Å²) in [4.78, 5) is 23.8. The van der Waals surface area contributed by atoms with Crippen molar-refractivity contribution in [1.29, 1.82) is 0 Å². The minimum absolute atomic E-state index is 0.124. The fourth-order valence-electron chi connectivity index (χ4n) is 2.06. The summed E-state index contributed by atoms with van der Waals surface area (Å²) in [5.41, 5.74) is 4.91. The summed E-state index contributed by atoms with van der Waals surface area (Å²) >= 11 is 4.99. The van der Waals surface area contributed by atoms with E-state index in [0.717, 1.165) is 21.5 Å². The predicted molar refractivity (Wildman–Crippen MR) is 111 cm³/mol. The zero-order valence-corrected chi connectivity index (χ0v) is 16.8. The van der Waals surface area contributed by atoms with E-state index >= 15 is 0 Å². The van der Waals surface area contributed by atoms with Gasteiger partial charge < -0.3 is 5.32 Å². The number of halogens is 1. The van der Waals surface area contributed by atoms with E-state index in [4.69, 9.17) is 0 Å². The Balaban J connectivity index is 1.69. The minimum atomic E-state index is -0.190. The third-order valence-corrected chi connectivity index (χ3v) is 5.05. The molecule has 0 aromatic heterocycles. The summed E-state index contributed by atoms with van der Waals surface area (Å²) in [7, 11) is 0. The van der Waals surface area contributed by atoms with Crippen molar-refractivity contribution in [3.63, 3.8) is 0 Å². The van der Waals surface area contributed by atoms with Gasteiger partial charge in [-0.25, -0.2) is 5.43 Å². The smallest absolute Gasteiger partial charge is 0.250 e. The van der Waals surface area contributed by atoms with Crippen LogP contribution in [0.4, 0.5) is 5.69 Å². The molecule has 2 amide bonds. The molecule has 136 valence electrons. The van der Waals surface area contributed by atoms with Crippen LogP contribution >= 0.6 is 27.7 Å². The molecule has 0 saturated heterocycles. The van der Waals surface area contributed by atoms with E-state index in [0.29, 0.717) is 11.5 Å². The van der Waals surface area contributed by atoms with Crippen molar-refractivity contribution in [3.05, 3.63) is 64.6 Å². The molecule has 2 N–H and O–H groups in total. The van der Waals surface area contributed by atoms with Crippen LogP contribution in [-0.2, 0) is 15.3 Å². The Morgan fingerprint density at radius 2 is 1.73 bits per heavy atom. The Bertz CT molecular complexity index is 781. The zero-order chi connectivity index (χ0) is 18.8. The van der Waals surface area contributed by atoms with Gasteiger partial charge in [0.2, 0.25) is 11.8 Å². The van der Waals surface area contributed by atoms with Gasteiger partial charge in [-0.2, -0.15) is 5.10 Å². The van der Waals surface area contributed by atoms with Gasteiger partial charge in [0, 0.05) is 21.6 Å². The number of carbonyl (C=O) groups excluding carboxylic acids is 2. The van der Waals surface area contributed by atoms with Crippen molar-refractivity contribution in [2.75, 3.05) is 11.1 Å². The van der Waals surface area contributed by atoms with Gasteiger partial charge in [0.1, 0.15) is 0 Å². The predicted octanol–water partition coefficient (Wildman–Crippen LogP) is 4.20. The third kappa shape index (κ3) is 7.41. The van der Waals surface area contributed by atoms with Crippen molar-refractivity contribution in [2.45, 2.75) is 19.1 Å². The second-order valence-corrected chi connectivity index (χ2v) is 7.40. The topological polar surface area (TPSA) is 70.6 Å². The molecule has 0 aliphatic rings. The molecule has 2 rings (SSSR count). The first-order valence-electron chi connectivity index (χ1n) is 8.02. The van der Waals surface area contributed by atoms with Crippen LogP contribution in [-0.4, -0.2) is 23.3 Å². The molecule has 2 aromatic rings. The Kier molecular flexibility index (Phi) is 8.37. The van der Waals surface area contributed by atoms with E-state index in [1.54, 1.807) is 6.92 Å². The molecule has 7 heteroatoms. The lowest BCUT2D eigenvalue weighted by molar-refractivity contribution is -0.118. The Morgan fingerprint density at radius 1 is 1.04 bits per heavy atom. The average molecular weight is 434 g/mol. The van der Waals surface area contributed by atoms with E-state index < -0.39 is 0 Å². The van der Waals surface area contributed by atoms with Gasteiger partial charge >= 0.3 is 0 Å². The number of hydrogen-bond acceptors (Lipinski definition) is 4. The number of rotatable bonds is 8. The van der Waals surface area contributed by atoms with Crippen molar-refractivity contribution in [2.24, 2.45) is 5.10 Å². The lowest BCUT2D eigenvalue weighted by Gasteiger charge is -2.06. The molecular weight excluding hydrogens is 414 g/mol. The molecule has 0 fully saturated rings. The number of hydrogen-bond donors (Lipinski definition) is 2. The van der Waals surface area contributed by atoms with E-state index in [1.165, 1.54) is 11.8 Å². The minimum Gasteiger partial charge on any atom is -0.326 e. The number of para-hydroxylation sites is 1. The highest BCUT2D eigenvalue weighted by molar-refractivity contribution is 9.10. The molecular formula is C19H20BrN3O2S. The van der Waals surface area contributed by atoms with E-state index in [2.05, 4.69) is 31.8 Å². The van der Waals surface area contributed by atoms with Crippen LogP contribution in [0, 0.1) is 0 Å². The van der Waals surface area contributed by atoms with Crippen LogP contribution in [0.5, 0.6) is 0 Å². The maximum atomic E-state index is 11.9. The highest BCUT2D eigenvalue weighted by Gasteiger charge is 2.06. The summed E-state index contributed by atoms with van der Waals surface area (Å²) in [5, 5.41) is 6.76. The largest absolute Gasteiger partial charge is 0.326 e. The number of thioether (sulfide) groups is 1. The summed E-state index contributed by atoms with van der Waals surface area (Å²) in [6.45, 7) is 1.71. The number of nitrogens with zero attached hydrogens (tertiary/aromatic N) is 1. The monoisotopic (exact) mass is 433 g/mol. The van der Waals surface area contributed by atoms with Crippen molar-refractivity contribution in [3.8, 4) is 0 Å². The summed E-state index contributed by atoms with van der Waals surface area (Å²) in [6.07, 6.45) is 0.124. The van der Waals surface area contributed by atoms with E-state index in [9.17, 15) is 9.59 Å². The Hall–Kier alpha value is -2.12. The highest BCUT2D eigenvalue weighted by Crippen LogP contribution is 2.21. The van der Waals surface area contributed by atoms with Gasteiger partial charge in [0.25, 0.3) is 0 Å². The maximum Gasteiger partial charge on any atom is 0.250 e. The van der Waals surface area contributed by atoms with Gasteiger partial charge in [-0.15, -0.1) is 11.8 Å². The standard InChI is InChI=1S/C19H20BrN3O2S/c1-14(11-18(24)21-16-8-3-2-4-9-16)22-23-19(25)13-26-12-15-7-5-6-10-17(15)20/h2-10H,11-13H2,1H3,(H,21,24)(H,23,25)/b22-14-. The quantitative estimate of drug-likeness (QED) is 0.483. The molecule has 0 saturated carbocycles. The summed E-state index contributed by atoms with van der Waals surface area (Å²) in [5.74, 6) is 0.672. The van der Waals surface area contributed by atoms with Gasteiger partial charge in [0.05, 0.1) is 12.2 Å². The first-order valence-corrected chi connectivity index (χ1v) is 9.97. The lowest BCUT2D eigenvalue weighted by Crippen LogP contribution is -2.23. The molecule has 0 aliphatic carbocycles. The Morgan fingerprint density at radius 3 is 2.46 bits per heavy atom. The number of amides is 2. The van der Waals surface area contributed by atoms with Crippen LogP contribution in [0.25, 0.3) is 0 Å². The number of anilines is 1. The Labute approximate surface area is 165 Å². The fraction of sp³-hybridized carbons (Fsp3) is 0.211. The molecule has 0 unspecified atom stereocenters. The molecule has 2 aromatic carbocycles. The SMILES string of the molecule is C/C(CC(=O)Nc1ccccc1)=N/NC(=O)CSCc1ccccc1Br. The number of benzene rings is 2. The van der Waals surface area contributed by atoms with Crippen LogP contribution < -0.4 is 10.7 Å². The second kappa shape index (κ2) is 10.8. The molecule has 0 atom stereocenters. The van der Waals surface area contributed by atoms with Gasteiger partial charge in [-0.05, 0) is 30.7 Å². The van der Waals surface area contributed by atoms with Crippen molar-refractivity contribution < 1.29 is 9.59 Å². The van der Waals surface area contributed by atoms with Crippen LogP contribution in [0.1, 0.15) is 18.9 Å². The first kappa shape index (κ1) is 20.2. The first-order chi connectivity index (χ1) is 12.5. The molecule has 5 nitrogen and oxygen atoms in total. The molecule has 26 heavy (non-hydrogen) atoms. The van der Waals surface area contributed by atoms with Gasteiger partial charge in [-0.1, -0.05) is 52.3 Å². The number of hydrazone groups is 1. The highest BCUT2D eigenvalue weighted by atomic mass is 79.9. The molecule has 0 bridgehead atoms. The lowest BCUT2D eigenvalue weighted by atomic mass is 10.2. The molecule has 0 heterocycles. The average Bonchev–Trinajstić information content (AvgIpc) is 2.62. The van der Waals surface area contributed by atoms with E-state index in [1.807, 2.05) is 54.6 Å². The van der Waals surface area contributed by atoms with Crippen molar-refractivity contribution in [1.82, 2.24) is 5.43 Å². The maximum absolute atomic E-state index is 11.9. The van der Waals surface area contributed by atoms with Crippen LogP contribution in [0.15, 0.2) is 64.2 Å². The van der Waals surface area contributed by atoms with Crippen molar-refractivity contribution >= 4 is 50.9 Å².